The van der Waals surface area contributed by atoms with Crippen LogP contribution in [0.3, 0.4) is 0 Å². The molecule has 0 bridgehead atoms. The summed E-state index contributed by atoms with van der Waals surface area (Å²) in [6.45, 7) is 4.25. The van der Waals surface area contributed by atoms with Crippen molar-refractivity contribution in [2.24, 2.45) is 0 Å². The van der Waals surface area contributed by atoms with Crippen LogP contribution in [-0.2, 0) is 5.75 Å². The van der Waals surface area contributed by atoms with E-state index >= 15 is 0 Å². The first-order chi connectivity index (χ1) is 13.6. The van der Waals surface area contributed by atoms with Gasteiger partial charge in [-0.05, 0) is 54.8 Å². The van der Waals surface area contributed by atoms with E-state index in [1.54, 1.807) is 29.4 Å². The highest BCUT2D eigenvalue weighted by molar-refractivity contribution is 7.98. The SMILES string of the molecule is Cc1cc(C)c2cc3c(nc2c1)sc1c(SCc2ccc(Cl)cc2)ncnc13. The predicted molar refractivity (Wildman–Crippen MR) is 121 cm³/mol. The van der Waals surface area contributed by atoms with Gasteiger partial charge < -0.3 is 0 Å². The smallest absolute Gasteiger partial charge is 0.126 e. The van der Waals surface area contributed by atoms with Crippen molar-refractivity contribution in [1.82, 2.24) is 15.0 Å². The zero-order valence-corrected chi connectivity index (χ0v) is 17.8. The summed E-state index contributed by atoms with van der Waals surface area (Å²) in [4.78, 5) is 15.1. The summed E-state index contributed by atoms with van der Waals surface area (Å²) >= 11 is 9.38. The third-order valence-electron chi connectivity index (χ3n) is 4.76. The second kappa shape index (κ2) is 6.99. The molecule has 2 aromatic carbocycles. The van der Waals surface area contributed by atoms with Gasteiger partial charge in [0.1, 0.15) is 16.2 Å². The molecule has 138 valence electrons. The van der Waals surface area contributed by atoms with Gasteiger partial charge in [-0.25, -0.2) is 15.0 Å². The minimum Gasteiger partial charge on any atom is -0.237 e. The van der Waals surface area contributed by atoms with Crippen molar-refractivity contribution < 1.29 is 0 Å². The van der Waals surface area contributed by atoms with Crippen molar-refractivity contribution in [3.63, 3.8) is 0 Å². The monoisotopic (exact) mass is 421 g/mol. The van der Waals surface area contributed by atoms with Crippen molar-refractivity contribution in [1.29, 1.82) is 0 Å². The van der Waals surface area contributed by atoms with Gasteiger partial charge in [0.15, 0.2) is 0 Å². The average molecular weight is 422 g/mol. The second-order valence-electron chi connectivity index (χ2n) is 6.86. The molecule has 0 atom stereocenters. The molecule has 0 N–H and O–H groups in total. The summed E-state index contributed by atoms with van der Waals surface area (Å²) in [5, 5.41) is 4.05. The minimum atomic E-state index is 0.756. The molecule has 0 aliphatic heterocycles. The summed E-state index contributed by atoms with van der Waals surface area (Å²) in [5.74, 6) is 0.839. The number of thioether (sulfide) groups is 1. The van der Waals surface area contributed by atoms with Crippen LogP contribution >= 0.6 is 34.7 Å². The fourth-order valence-corrected chi connectivity index (χ4v) is 5.71. The van der Waals surface area contributed by atoms with Crippen LogP contribution < -0.4 is 0 Å². The van der Waals surface area contributed by atoms with E-state index in [0.29, 0.717) is 0 Å². The molecule has 0 saturated carbocycles. The highest BCUT2D eigenvalue weighted by Crippen LogP contribution is 2.39. The van der Waals surface area contributed by atoms with Gasteiger partial charge >= 0.3 is 0 Å². The molecule has 0 fully saturated rings. The number of rotatable bonds is 3. The van der Waals surface area contributed by atoms with Gasteiger partial charge in [-0.2, -0.15) is 0 Å². The summed E-state index contributed by atoms with van der Waals surface area (Å²) in [7, 11) is 0. The van der Waals surface area contributed by atoms with Gasteiger partial charge in [0.05, 0.1) is 15.7 Å². The lowest BCUT2D eigenvalue weighted by Crippen LogP contribution is -1.87. The number of benzene rings is 2. The maximum Gasteiger partial charge on any atom is 0.126 e. The quantitative estimate of drug-likeness (QED) is 0.233. The average Bonchev–Trinajstić information content (AvgIpc) is 3.04. The Labute approximate surface area is 175 Å². The van der Waals surface area contributed by atoms with E-state index in [9.17, 15) is 0 Å². The molecule has 0 spiro atoms. The zero-order valence-electron chi connectivity index (χ0n) is 15.4. The Hall–Kier alpha value is -2.21. The number of hydrogen-bond acceptors (Lipinski definition) is 5. The number of nitrogens with zero attached hydrogens (tertiary/aromatic N) is 3. The molecule has 28 heavy (non-hydrogen) atoms. The number of hydrogen-bond donors (Lipinski definition) is 0. The summed E-state index contributed by atoms with van der Waals surface area (Å²) in [6, 6.07) is 14.5. The summed E-state index contributed by atoms with van der Waals surface area (Å²) in [5.41, 5.74) is 5.73. The van der Waals surface area contributed by atoms with E-state index in [2.05, 4.69) is 54.1 Å². The van der Waals surface area contributed by atoms with E-state index in [4.69, 9.17) is 16.6 Å². The normalized spacial score (nSPS) is 11.7. The summed E-state index contributed by atoms with van der Waals surface area (Å²) in [6.07, 6.45) is 1.66. The molecular weight excluding hydrogens is 406 g/mol. The Bertz CT molecular complexity index is 1340. The number of halogens is 1. The molecule has 5 aromatic rings. The van der Waals surface area contributed by atoms with Crippen LogP contribution in [0.25, 0.3) is 31.3 Å². The number of fused-ring (bicyclic) bond motifs is 4. The standard InChI is InChI=1S/C22H16ClN3S2/c1-12-7-13(2)16-9-17-19-20(28-21(17)26-18(16)8-12)22(25-11-24-19)27-10-14-3-5-15(23)6-4-14/h3-9,11H,10H2,1-2H3. The van der Waals surface area contributed by atoms with Crippen LogP contribution in [0.4, 0.5) is 0 Å². The first-order valence-corrected chi connectivity index (χ1v) is 11.1. The van der Waals surface area contributed by atoms with Crippen LogP contribution in [0.5, 0.6) is 0 Å². The third-order valence-corrected chi connectivity index (χ3v) is 7.30. The van der Waals surface area contributed by atoms with Gasteiger partial charge in [0, 0.05) is 21.5 Å². The first kappa shape index (κ1) is 17.9. The van der Waals surface area contributed by atoms with E-state index in [0.717, 1.165) is 41.8 Å². The number of thiophene rings is 1. The third kappa shape index (κ3) is 3.13. The molecule has 0 aliphatic carbocycles. The molecular formula is C22H16ClN3S2. The van der Waals surface area contributed by atoms with Gasteiger partial charge in [0.2, 0.25) is 0 Å². The second-order valence-corrected chi connectivity index (χ2v) is 9.26. The molecule has 5 rings (SSSR count). The Balaban J connectivity index is 1.62. The highest BCUT2D eigenvalue weighted by atomic mass is 35.5. The van der Waals surface area contributed by atoms with Crippen molar-refractivity contribution in [2.45, 2.75) is 24.6 Å². The Morgan fingerprint density at radius 2 is 1.82 bits per heavy atom. The van der Waals surface area contributed by atoms with Gasteiger partial charge in [-0.1, -0.05) is 29.8 Å². The Morgan fingerprint density at radius 1 is 1.00 bits per heavy atom. The fourth-order valence-electron chi connectivity index (χ4n) is 3.43. The predicted octanol–water partition coefficient (Wildman–Crippen LogP) is 6.96. The molecule has 0 aliphatic rings. The number of pyridine rings is 1. The highest BCUT2D eigenvalue weighted by Gasteiger charge is 2.14. The molecule has 0 radical (unpaired) electrons. The van der Waals surface area contributed by atoms with E-state index in [-0.39, 0.29) is 0 Å². The Morgan fingerprint density at radius 3 is 2.64 bits per heavy atom. The number of aromatic nitrogens is 3. The van der Waals surface area contributed by atoms with E-state index in [1.165, 1.54) is 22.1 Å². The van der Waals surface area contributed by atoms with Crippen LogP contribution in [0, 0.1) is 13.8 Å². The maximum absolute atomic E-state index is 5.98. The van der Waals surface area contributed by atoms with Crippen LogP contribution in [0.1, 0.15) is 16.7 Å². The van der Waals surface area contributed by atoms with Crippen molar-refractivity contribution in [3.8, 4) is 0 Å². The van der Waals surface area contributed by atoms with Crippen LogP contribution in [0.2, 0.25) is 5.02 Å². The Kier molecular flexibility index (Phi) is 4.46. The molecule has 3 heterocycles. The largest absolute Gasteiger partial charge is 0.237 e. The maximum atomic E-state index is 5.98. The lowest BCUT2D eigenvalue weighted by atomic mass is 10.1. The summed E-state index contributed by atoms with van der Waals surface area (Å²) < 4.78 is 1.11. The van der Waals surface area contributed by atoms with Gasteiger partial charge in [-0.15, -0.1) is 23.1 Å². The molecule has 3 aromatic heterocycles. The van der Waals surface area contributed by atoms with Crippen LogP contribution in [-0.4, -0.2) is 15.0 Å². The molecule has 0 unspecified atom stereocenters. The van der Waals surface area contributed by atoms with Crippen molar-refractivity contribution in [3.05, 3.63) is 70.5 Å². The molecule has 3 nitrogen and oxygen atoms in total. The van der Waals surface area contributed by atoms with Gasteiger partial charge in [-0.3, -0.25) is 0 Å². The van der Waals surface area contributed by atoms with Crippen molar-refractivity contribution >= 4 is 66.0 Å². The molecule has 0 amide bonds. The van der Waals surface area contributed by atoms with E-state index in [1.807, 2.05) is 12.1 Å². The van der Waals surface area contributed by atoms with E-state index < -0.39 is 0 Å². The zero-order chi connectivity index (χ0) is 19.3. The first-order valence-electron chi connectivity index (χ1n) is 8.91. The minimum absolute atomic E-state index is 0.756. The van der Waals surface area contributed by atoms with Gasteiger partial charge in [0.25, 0.3) is 0 Å². The fraction of sp³-hybridized carbons (Fsp3) is 0.136. The van der Waals surface area contributed by atoms with Crippen LogP contribution in [0.15, 0.2) is 53.8 Å². The number of aryl methyl sites for hydroxylation is 2. The lowest BCUT2D eigenvalue weighted by molar-refractivity contribution is 1.11. The molecule has 6 heteroatoms. The molecule has 0 saturated heterocycles. The lowest BCUT2D eigenvalue weighted by Gasteiger charge is -2.04. The topological polar surface area (TPSA) is 38.7 Å². The van der Waals surface area contributed by atoms with Crippen molar-refractivity contribution in [2.75, 3.05) is 0 Å².